The molecule has 0 atom stereocenters. The van der Waals surface area contributed by atoms with Crippen LogP contribution in [0.3, 0.4) is 0 Å². The van der Waals surface area contributed by atoms with E-state index >= 15 is 0 Å². The fourth-order valence-electron chi connectivity index (χ4n) is 5.19. The highest BCUT2D eigenvalue weighted by atomic mass is 32.2. The largest absolute Gasteiger partial charge is 0.416 e. The van der Waals surface area contributed by atoms with Gasteiger partial charge < -0.3 is 4.90 Å². The van der Waals surface area contributed by atoms with Gasteiger partial charge in [-0.05, 0) is 72.1 Å². The molecule has 11 heteroatoms. The summed E-state index contributed by atoms with van der Waals surface area (Å²) in [6.07, 6.45) is 0.0999. The molecule has 0 spiro atoms. The van der Waals surface area contributed by atoms with E-state index in [0.29, 0.717) is 48.6 Å². The molecule has 0 fully saturated rings. The molecule has 4 aromatic rings. The van der Waals surface area contributed by atoms with Crippen LogP contribution in [0.1, 0.15) is 48.9 Å². The van der Waals surface area contributed by atoms with Crippen LogP contribution in [-0.2, 0) is 45.1 Å². The lowest BCUT2D eigenvalue weighted by molar-refractivity contribution is -0.137. The Morgan fingerprint density at radius 3 is 2.15 bits per heavy atom. The number of ketones is 2. The van der Waals surface area contributed by atoms with Crippen molar-refractivity contribution < 1.29 is 31.2 Å². The number of Topliss-reactive ketones (excluding diaryl/α,β-unsaturated/α-hetero) is 2. The number of anilines is 1. The molecule has 47 heavy (non-hydrogen) atoms. The highest BCUT2D eigenvalue weighted by Gasteiger charge is 2.33. The van der Waals surface area contributed by atoms with E-state index in [0.717, 1.165) is 30.8 Å². The molecular weight excluding hydrogens is 627 g/mol. The lowest BCUT2D eigenvalue weighted by Gasteiger charge is -2.17. The predicted molar refractivity (Wildman–Crippen MR) is 177 cm³/mol. The first-order valence-electron chi connectivity index (χ1n) is 15.4. The quantitative estimate of drug-likeness (QED) is 0.137. The summed E-state index contributed by atoms with van der Waals surface area (Å²) in [7, 11) is -4.51. The third-order valence-electron chi connectivity index (χ3n) is 7.86. The molecule has 0 radical (unpaired) electrons. The number of nitrogens with zero attached hydrogens (tertiary/aromatic N) is 2. The van der Waals surface area contributed by atoms with Gasteiger partial charge >= 0.3 is 6.18 Å². The van der Waals surface area contributed by atoms with Crippen molar-refractivity contribution in [2.45, 2.75) is 57.0 Å². The summed E-state index contributed by atoms with van der Waals surface area (Å²) in [5, 5.41) is 0. The summed E-state index contributed by atoms with van der Waals surface area (Å²) in [6.45, 7) is 6.33. The number of carbonyl (C=O) groups is 2. The van der Waals surface area contributed by atoms with Crippen molar-refractivity contribution in [3.63, 3.8) is 0 Å². The second-order valence-corrected chi connectivity index (χ2v) is 12.9. The summed E-state index contributed by atoms with van der Waals surface area (Å²) in [6, 6.07) is 19.1. The van der Waals surface area contributed by atoms with Gasteiger partial charge in [0.1, 0.15) is 11.6 Å². The normalized spacial score (nSPS) is 11.9. The van der Waals surface area contributed by atoms with Crippen LogP contribution in [0.4, 0.5) is 18.9 Å². The molecule has 3 aromatic carbocycles. The molecule has 248 valence electrons. The lowest BCUT2D eigenvalue weighted by Crippen LogP contribution is -2.26. The van der Waals surface area contributed by atoms with Crippen LogP contribution in [0, 0.1) is 0 Å². The number of carbonyl (C=O) groups excluding carboxylic acids is 2. The van der Waals surface area contributed by atoms with Crippen molar-refractivity contribution in [3.8, 4) is 11.1 Å². The maximum absolute atomic E-state index is 13.7. The molecule has 0 aliphatic heterocycles. The molecule has 1 N–H and O–H groups in total. The van der Waals surface area contributed by atoms with Crippen LogP contribution in [-0.4, -0.2) is 49.5 Å². The van der Waals surface area contributed by atoms with Gasteiger partial charge in [0.2, 0.25) is 0 Å². The number of rotatable bonds is 16. The molecule has 4 rings (SSSR count). The number of nitrogens with one attached hydrogen (secondary N) is 1. The SMILES string of the molecule is CCN(CC)CCC(=O)Cc1cccc(-c2ccc(C(F)(F)F)cc2S(=O)(=O)Nc2ccc(CC(=O)CCc3cccnc3)cc2)c1. The van der Waals surface area contributed by atoms with Gasteiger partial charge in [0.25, 0.3) is 10.0 Å². The van der Waals surface area contributed by atoms with Gasteiger partial charge in [-0.3, -0.25) is 19.3 Å². The average Bonchev–Trinajstić information content (AvgIpc) is 3.05. The third-order valence-corrected chi connectivity index (χ3v) is 9.28. The minimum absolute atomic E-state index is 0.00335. The zero-order chi connectivity index (χ0) is 34.0. The number of halogens is 3. The van der Waals surface area contributed by atoms with Crippen LogP contribution in [0.15, 0.2) is 96.2 Å². The number of aryl methyl sites for hydroxylation is 1. The Labute approximate surface area is 273 Å². The molecule has 0 saturated heterocycles. The second kappa shape index (κ2) is 16.0. The van der Waals surface area contributed by atoms with Gasteiger partial charge in [-0.25, -0.2) is 8.42 Å². The number of benzene rings is 3. The fraction of sp³-hybridized carbons (Fsp3) is 0.306. The molecule has 7 nitrogen and oxygen atoms in total. The van der Waals surface area contributed by atoms with E-state index in [-0.39, 0.29) is 35.7 Å². The summed E-state index contributed by atoms with van der Waals surface area (Å²) >= 11 is 0. The number of sulfonamides is 1. The van der Waals surface area contributed by atoms with Crippen LogP contribution in [0.5, 0.6) is 0 Å². The van der Waals surface area contributed by atoms with Gasteiger partial charge in [0, 0.05) is 55.9 Å². The number of hydrogen-bond donors (Lipinski definition) is 1. The minimum Gasteiger partial charge on any atom is -0.303 e. The van der Waals surface area contributed by atoms with Gasteiger partial charge in [-0.15, -0.1) is 0 Å². The van der Waals surface area contributed by atoms with Gasteiger partial charge in [-0.1, -0.05) is 62.4 Å². The molecule has 0 aliphatic carbocycles. The summed E-state index contributed by atoms with van der Waals surface area (Å²) in [5.41, 5.74) is 1.72. The summed E-state index contributed by atoms with van der Waals surface area (Å²) in [4.78, 5) is 30.8. The van der Waals surface area contributed by atoms with E-state index < -0.39 is 26.7 Å². The van der Waals surface area contributed by atoms with Crippen molar-refractivity contribution in [2.75, 3.05) is 24.4 Å². The van der Waals surface area contributed by atoms with Crippen molar-refractivity contribution in [3.05, 3.63) is 114 Å². The molecule has 0 bridgehead atoms. The van der Waals surface area contributed by atoms with E-state index in [4.69, 9.17) is 0 Å². The van der Waals surface area contributed by atoms with Crippen molar-refractivity contribution in [1.29, 1.82) is 0 Å². The standard InChI is InChI=1S/C36H38F3N3O4S/c1-3-42(4-2)20-18-33(44)23-28-7-5-9-29(21-28)34-17-13-30(36(37,38)39)24-35(34)47(45,46)41-31-14-10-26(11-15-31)22-32(43)16-12-27-8-6-19-40-25-27/h5-11,13-15,17,19,21,24-25,41H,3-4,12,16,18,20,22-23H2,1-2H3. The summed E-state index contributed by atoms with van der Waals surface area (Å²) in [5.74, 6) is 0.0123. The molecule has 0 saturated carbocycles. The fourth-order valence-corrected chi connectivity index (χ4v) is 6.51. The molecule has 1 aromatic heterocycles. The first-order valence-corrected chi connectivity index (χ1v) is 16.9. The number of aromatic nitrogens is 1. The van der Waals surface area contributed by atoms with Crippen molar-refractivity contribution in [1.82, 2.24) is 9.88 Å². The molecule has 1 heterocycles. The maximum Gasteiger partial charge on any atom is 0.416 e. The van der Waals surface area contributed by atoms with Gasteiger partial charge in [-0.2, -0.15) is 13.2 Å². The van der Waals surface area contributed by atoms with Crippen LogP contribution in [0.2, 0.25) is 0 Å². The molecular formula is C36H38F3N3O4S. The second-order valence-electron chi connectivity index (χ2n) is 11.3. The zero-order valence-electron chi connectivity index (χ0n) is 26.4. The number of alkyl halides is 3. The molecule has 0 unspecified atom stereocenters. The molecule has 0 amide bonds. The predicted octanol–water partition coefficient (Wildman–Crippen LogP) is 7.16. The Morgan fingerprint density at radius 2 is 1.49 bits per heavy atom. The van der Waals surface area contributed by atoms with E-state index in [9.17, 15) is 31.2 Å². The van der Waals surface area contributed by atoms with Crippen molar-refractivity contribution >= 4 is 27.3 Å². The Kier molecular flexibility index (Phi) is 12.1. The van der Waals surface area contributed by atoms with E-state index in [2.05, 4.69) is 14.6 Å². The number of hydrogen-bond acceptors (Lipinski definition) is 6. The maximum atomic E-state index is 13.7. The first kappa shape index (κ1) is 35.5. The van der Waals surface area contributed by atoms with Crippen molar-refractivity contribution in [2.24, 2.45) is 0 Å². The van der Waals surface area contributed by atoms with E-state index in [1.54, 1.807) is 54.9 Å². The lowest BCUT2D eigenvalue weighted by atomic mass is 9.99. The monoisotopic (exact) mass is 665 g/mol. The topological polar surface area (TPSA) is 96.4 Å². The van der Waals surface area contributed by atoms with Crippen LogP contribution < -0.4 is 4.72 Å². The Morgan fingerprint density at radius 1 is 0.809 bits per heavy atom. The van der Waals surface area contributed by atoms with Gasteiger partial charge in [0.05, 0.1) is 10.5 Å². The summed E-state index contributed by atoms with van der Waals surface area (Å²) < 4.78 is 70.8. The van der Waals surface area contributed by atoms with Crippen LogP contribution >= 0.6 is 0 Å². The Balaban J connectivity index is 1.53. The smallest absolute Gasteiger partial charge is 0.303 e. The zero-order valence-corrected chi connectivity index (χ0v) is 27.2. The third kappa shape index (κ3) is 10.3. The molecule has 0 aliphatic rings. The number of pyridine rings is 1. The van der Waals surface area contributed by atoms with Crippen LogP contribution in [0.25, 0.3) is 11.1 Å². The van der Waals surface area contributed by atoms with E-state index in [1.807, 2.05) is 19.9 Å². The van der Waals surface area contributed by atoms with E-state index in [1.165, 1.54) is 12.1 Å². The first-order chi connectivity index (χ1) is 22.4. The minimum atomic E-state index is -4.77. The van der Waals surface area contributed by atoms with Gasteiger partial charge in [0.15, 0.2) is 0 Å². The highest BCUT2D eigenvalue weighted by Crippen LogP contribution is 2.36. The Bertz CT molecular complexity index is 1770. The Hall–Kier alpha value is -4.35. The average molecular weight is 666 g/mol. The highest BCUT2D eigenvalue weighted by molar-refractivity contribution is 7.92.